The lowest BCUT2D eigenvalue weighted by Gasteiger charge is -2.44. The number of aliphatic hydroxyl groups is 1. The van der Waals surface area contributed by atoms with Crippen LogP contribution in [0.25, 0.3) is 10.4 Å². The number of aromatic nitrogens is 3. The molecule has 0 unspecified atom stereocenters. The summed E-state index contributed by atoms with van der Waals surface area (Å²) < 4.78 is 14.0. The molecule has 3 aromatic rings. The average molecular weight is 497 g/mol. The molecule has 0 radical (unpaired) electrons. The van der Waals surface area contributed by atoms with E-state index in [9.17, 15) is 19.4 Å². The molecule has 5 rings (SSSR count). The van der Waals surface area contributed by atoms with Crippen LogP contribution in [0.5, 0.6) is 0 Å². The second kappa shape index (κ2) is 8.64. The number of anilines is 2. The predicted octanol–water partition coefficient (Wildman–Crippen LogP) is 5.77. The van der Waals surface area contributed by atoms with Crippen molar-refractivity contribution in [2.75, 3.05) is 5.32 Å². The third-order valence-electron chi connectivity index (χ3n) is 7.09. The molecule has 0 bridgehead atoms. The van der Waals surface area contributed by atoms with Crippen LogP contribution in [0, 0.1) is 24.1 Å². The van der Waals surface area contributed by atoms with E-state index in [-0.39, 0.29) is 11.7 Å². The molecule has 9 heteroatoms. The number of hydrogen-bond acceptors (Lipinski definition) is 7. The highest BCUT2D eigenvalue weighted by molar-refractivity contribution is 7.15. The van der Waals surface area contributed by atoms with Gasteiger partial charge in [-0.1, -0.05) is 19.9 Å². The van der Waals surface area contributed by atoms with Crippen LogP contribution < -0.4 is 5.32 Å². The number of rotatable bonds is 6. The summed E-state index contributed by atoms with van der Waals surface area (Å²) >= 11 is 1.42. The van der Waals surface area contributed by atoms with E-state index in [4.69, 9.17) is 0 Å². The predicted molar refractivity (Wildman–Crippen MR) is 132 cm³/mol. The molecular weight excluding hydrogens is 467 g/mol. The van der Waals surface area contributed by atoms with Gasteiger partial charge in [-0.05, 0) is 67.7 Å². The van der Waals surface area contributed by atoms with E-state index < -0.39 is 22.9 Å². The lowest BCUT2D eigenvalue weighted by molar-refractivity contribution is -0.154. The van der Waals surface area contributed by atoms with Gasteiger partial charge in [-0.25, -0.2) is 19.3 Å². The highest BCUT2D eigenvalue weighted by Gasteiger charge is 2.49. The molecule has 2 heterocycles. The molecular formula is C26H29FN4O3S. The van der Waals surface area contributed by atoms with Gasteiger partial charge in [-0.3, -0.25) is 4.79 Å². The van der Waals surface area contributed by atoms with E-state index >= 15 is 0 Å². The first-order valence-electron chi connectivity index (χ1n) is 11.9. The van der Waals surface area contributed by atoms with Gasteiger partial charge in [0.2, 0.25) is 5.95 Å². The Morgan fingerprint density at radius 3 is 2.63 bits per heavy atom. The Kier molecular flexibility index (Phi) is 5.88. The van der Waals surface area contributed by atoms with Crippen LogP contribution in [0.2, 0.25) is 0 Å². The van der Waals surface area contributed by atoms with E-state index in [0.29, 0.717) is 35.9 Å². The molecule has 0 amide bonds. The van der Waals surface area contributed by atoms with Gasteiger partial charge in [0.25, 0.3) is 0 Å². The van der Waals surface area contributed by atoms with Crippen molar-refractivity contribution in [3.8, 4) is 10.4 Å². The van der Waals surface area contributed by atoms with Crippen molar-refractivity contribution in [3.05, 3.63) is 52.7 Å². The molecule has 2 atom stereocenters. The van der Waals surface area contributed by atoms with E-state index in [1.807, 2.05) is 39.0 Å². The molecule has 35 heavy (non-hydrogen) atoms. The Labute approximate surface area is 207 Å². The summed E-state index contributed by atoms with van der Waals surface area (Å²) in [7, 11) is 0. The summed E-state index contributed by atoms with van der Waals surface area (Å²) in [6, 6.07) is 5.97. The first-order chi connectivity index (χ1) is 16.5. The quantitative estimate of drug-likeness (QED) is 0.398. The topological polar surface area (TPSA) is 108 Å². The second-order valence-corrected chi connectivity index (χ2v) is 11.6. The maximum atomic E-state index is 14.0. The number of halogens is 1. The van der Waals surface area contributed by atoms with Gasteiger partial charge in [0, 0.05) is 17.8 Å². The van der Waals surface area contributed by atoms with Crippen LogP contribution in [-0.4, -0.2) is 31.1 Å². The number of aliphatic carboxylic acids is 1. The zero-order valence-corrected chi connectivity index (χ0v) is 20.8. The Balaban J connectivity index is 1.39. The fourth-order valence-corrected chi connectivity index (χ4v) is 6.23. The molecule has 2 saturated carbocycles. The van der Waals surface area contributed by atoms with Gasteiger partial charge in [-0.2, -0.15) is 0 Å². The number of carbonyl (C=O) groups is 1. The first kappa shape index (κ1) is 23.8. The summed E-state index contributed by atoms with van der Waals surface area (Å²) in [6.45, 7) is 5.78. The first-order valence-corrected chi connectivity index (χ1v) is 12.7. The van der Waals surface area contributed by atoms with Crippen molar-refractivity contribution in [2.24, 2.45) is 11.3 Å². The Morgan fingerprint density at radius 2 is 1.94 bits per heavy atom. The summed E-state index contributed by atoms with van der Waals surface area (Å²) in [6.07, 6.45) is 6.00. The average Bonchev–Trinajstić information content (AvgIpc) is 3.48. The summed E-state index contributed by atoms with van der Waals surface area (Å²) in [5.41, 5.74) is 1.51. The number of nitrogens with one attached hydrogen (secondary N) is 1. The minimum atomic E-state index is -1.15. The summed E-state index contributed by atoms with van der Waals surface area (Å²) in [5.74, 6) is -1.11. The van der Waals surface area contributed by atoms with Crippen molar-refractivity contribution in [3.63, 3.8) is 0 Å². The number of carboxylic acid groups (broad SMARTS) is 1. The standard InChI is InChI=1S/C26H29FN4O3S/c1-14-8-16(10-17(9-14)30-24-29-11-19(27)21(31-24)15-4-5-15)20-12-28-23(35-20)26(34)7-6-18(22(32)33)25(2,3)13-26/h8-12,15,18,34H,4-7,13H2,1-3H3,(H,32,33)(H,29,30,31)/t18-,26-/m1/s1. The molecule has 0 aliphatic heterocycles. The zero-order valence-electron chi connectivity index (χ0n) is 20.0. The van der Waals surface area contributed by atoms with Crippen molar-refractivity contribution >= 4 is 28.9 Å². The summed E-state index contributed by atoms with van der Waals surface area (Å²) in [5, 5.41) is 24.8. The number of thiazole rings is 1. The van der Waals surface area contributed by atoms with Crippen LogP contribution in [0.4, 0.5) is 16.0 Å². The molecule has 0 saturated heterocycles. The molecule has 2 aromatic heterocycles. The van der Waals surface area contributed by atoms with E-state index in [2.05, 4.69) is 20.3 Å². The van der Waals surface area contributed by atoms with Gasteiger partial charge >= 0.3 is 5.97 Å². The number of aryl methyl sites for hydroxylation is 1. The second-order valence-electron chi connectivity index (χ2n) is 10.6. The fourth-order valence-electron chi connectivity index (χ4n) is 5.21. The van der Waals surface area contributed by atoms with E-state index in [1.165, 1.54) is 17.5 Å². The highest BCUT2D eigenvalue weighted by Crippen LogP contribution is 2.51. The van der Waals surface area contributed by atoms with Crippen molar-refractivity contribution in [1.82, 2.24) is 15.0 Å². The third kappa shape index (κ3) is 4.79. The minimum absolute atomic E-state index is 0.184. The van der Waals surface area contributed by atoms with Gasteiger partial charge in [-0.15, -0.1) is 11.3 Å². The van der Waals surface area contributed by atoms with Gasteiger partial charge in [0.1, 0.15) is 10.6 Å². The van der Waals surface area contributed by atoms with E-state index in [0.717, 1.165) is 34.5 Å². The molecule has 2 aliphatic rings. The van der Waals surface area contributed by atoms with Crippen molar-refractivity contribution in [2.45, 2.75) is 64.4 Å². The molecule has 2 fully saturated rings. The van der Waals surface area contributed by atoms with Crippen LogP contribution >= 0.6 is 11.3 Å². The number of hydrogen-bond donors (Lipinski definition) is 3. The Bertz CT molecular complexity index is 1290. The normalized spacial score (nSPS) is 23.7. The van der Waals surface area contributed by atoms with Gasteiger partial charge in [0.15, 0.2) is 5.82 Å². The van der Waals surface area contributed by atoms with Gasteiger partial charge in [0.05, 0.1) is 22.7 Å². The van der Waals surface area contributed by atoms with Crippen LogP contribution in [0.1, 0.15) is 68.1 Å². The van der Waals surface area contributed by atoms with Crippen molar-refractivity contribution in [1.29, 1.82) is 0 Å². The number of benzene rings is 1. The smallest absolute Gasteiger partial charge is 0.307 e. The lowest BCUT2D eigenvalue weighted by atomic mass is 9.63. The number of nitrogens with zero attached hydrogens (tertiary/aromatic N) is 3. The third-order valence-corrected chi connectivity index (χ3v) is 8.33. The van der Waals surface area contributed by atoms with Crippen LogP contribution in [-0.2, 0) is 10.4 Å². The Morgan fingerprint density at radius 1 is 1.17 bits per heavy atom. The largest absolute Gasteiger partial charge is 0.481 e. The maximum absolute atomic E-state index is 14.0. The monoisotopic (exact) mass is 496 g/mol. The molecule has 2 aliphatic carbocycles. The molecule has 1 aromatic carbocycles. The number of carboxylic acids is 1. The van der Waals surface area contributed by atoms with Crippen molar-refractivity contribution < 1.29 is 19.4 Å². The van der Waals surface area contributed by atoms with Crippen LogP contribution in [0.15, 0.2) is 30.6 Å². The minimum Gasteiger partial charge on any atom is -0.481 e. The SMILES string of the molecule is Cc1cc(Nc2ncc(F)c(C3CC3)n2)cc(-c2cnc([C@@]3(O)CC[C@H](C(=O)O)C(C)(C)C3)s2)c1. The highest BCUT2D eigenvalue weighted by atomic mass is 32.1. The molecule has 184 valence electrons. The zero-order chi connectivity index (χ0) is 25.0. The fraction of sp³-hybridized carbons (Fsp3) is 0.462. The summed E-state index contributed by atoms with van der Waals surface area (Å²) in [4.78, 5) is 25.6. The molecule has 3 N–H and O–H groups in total. The Hall–Kier alpha value is -2.91. The lowest BCUT2D eigenvalue weighted by Crippen LogP contribution is -2.44. The maximum Gasteiger partial charge on any atom is 0.307 e. The van der Waals surface area contributed by atoms with Gasteiger partial charge < -0.3 is 15.5 Å². The molecule has 0 spiro atoms. The van der Waals surface area contributed by atoms with Crippen LogP contribution in [0.3, 0.4) is 0 Å². The van der Waals surface area contributed by atoms with E-state index in [1.54, 1.807) is 6.20 Å². The molecule has 7 nitrogen and oxygen atoms in total.